The van der Waals surface area contributed by atoms with E-state index in [0.29, 0.717) is 19.6 Å². The molecule has 4 nitrogen and oxygen atoms in total. The molecule has 16 heavy (non-hydrogen) atoms. The van der Waals surface area contributed by atoms with Gasteiger partial charge in [0.1, 0.15) is 0 Å². The van der Waals surface area contributed by atoms with Crippen LogP contribution in [0.2, 0.25) is 0 Å². The second-order valence-corrected chi connectivity index (χ2v) is 4.45. The lowest BCUT2D eigenvalue weighted by molar-refractivity contribution is -0.144. The maximum Gasteiger partial charge on any atom is 0.306 e. The van der Waals surface area contributed by atoms with Crippen LogP contribution in [0.1, 0.15) is 18.9 Å². The van der Waals surface area contributed by atoms with E-state index in [1.165, 1.54) is 0 Å². The Morgan fingerprint density at radius 1 is 1.56 bits per heavy atom. The van der Waals surface area contributed by atoms with Crippen molar-refractivity contribution in [1.82, 2.24) is 4.98 Å². The number of hydrogen-bond donors (Lipinski definition) is 1. The molecule has 86 valence electrons. The smallest absolute Gasteiger partial charge is 0.306 e. The molecular formula is C12H15NO3. The summed E-state index contributed by atoms with van der Waals surface area (Å²) in [4.78, 5) is 14.9. The summed E-state index contributed by atoms with van der Waals surface area (Å²) in [5.74, 6) is -1.10. The highest BCUT2D eigenvalue weighted by molar-refractivity contribution is 5.69. The fourth-order valence-corrected chi connectivity index (χ4v) is 2.13. The number of carboxylic acids is 1. The van der Waals surface area contributed by atoms with Gasteiger partial charge in [-0.3, -0.25) is 9.78 Å². The number of rotatable bonds is 4. The lowest BCUT2D eigenvalue weighted by atomic mass is 9.73. The summed E-state index contributed by atoms with van der Waals surface area (Å²) in [6.45, 7) is 2.95. The van der Waals surface area contributed by atoms with E-state index in [0.717, 1.165) is 5.56 Å². The summed E-state index contributed by atoms with van der Waals surface area (Å²) in [6, 6.07) is 3.88. The van der Waals surface area contributed by atoms with Crippen molar-refractivity contribution in [2.24, 2.45) is 5.92 Å². The van der Waals surface area contributed by atoms with Crippen molar-refractivity contribution >= 4 is 5.97 Å². The van der Waals surface area contributed by atoms with Crippen molar-refractivity contribution in [3.8, 4) is 0 Å². The molecule has 0 aromatic carbocycles. The first kappa shape index (κ1) is 11.1. The van der Waals surface area contributed by atoms with Gasteiger partial charge in [0.25, 0.3) is 0 Å². The molecule has 1 atom stereocenters. The van der Waals surface area contributed by atoms with E-state index >= 15 is 0 Å². The van der Waals surface area contributed by atoms with Gasteiger partial charge in [-0.1, -0.05) is 6.92 Å². The van der Waals surface area contributed by atoms with Gasteiger partial charge in [-0.2, -0.15) is 0 Å². The van der Waals surface area contributed by atoms with Crippen LogP contribution >= 0.6 is 0 Å². The van der Waals surface area contributed by atoms with Crippen LogP contribution in [0.25, 0.3) is 0 Å². The van der Waals surface area contributed by atoms with Crippen LogP contribution < -0.4 is 0 Å². The average molecular weight is 221 g/mol. The first-order valence-corrected chi connectivity index (χ1v) is 5.35. The van der Waals surface area contributed by atoms with Crippen molar-refractivity contribution < 1.29 is 14.6 Å². The number of aromatic nitrogens is 1. The van der Waals surface area contributed by atoms with Crippen molar-refractivity contribution in [1.29, 1.82) is 0 Å². The van der Waals surface area contributed by atoms with Crippen LogP contribution in [-0.4, -0.2) is 29.3 Å². The van der Waals surface area contributed by atoms with Crippen LogP contribution in [0.3, 0.4) is 0 Å². The van der Waals surface area contributed by atoms with E-state index in [1.807, 2.05) is 12.1 Å². The highest BCUT2D eigenvalue weighted by Crippen LogP contribution is 2.38. The third kappa shape index (κ3) is 1.93. The summed E-state index contributed by atoms with van der Waals surface area (Å²) in [7, 11) is 0. The molecule has 1 aromatic heterocycles. The molecule has 4 heteroatoms. The molecule has 1 saturated heterocycles. The summed E-state index contributed by atoms with van der Waals surface area (Å²) in [5.41, 5.74) is 1.00. The zero-order valence-electron chi connectivity index (χ0n) is 9.22. The lowest BCUT2D eigenvalue weighted by Gasteiger charge is -2.43. The predicted octanol–water partition coefficient (Wildman–Crippen LogP) is 1.46. The number of carboxylic acid groups (broad SMARTS) is 1. The summed E-state index contributed by atoms with van der Waals surface area (Å²) >= 11 is 0. The van der Waals surface area contributed by atoms with E-state index in [2.05, 4.69) is 4.98 Å². The molecule has 0 saturated carbocycles. The molecule has 1 aliphatic rings. The molecule has 0 bridgehead atoms. The maximum atomic E-state index is 10.9. The Hall–Kier alpha value is -1.42. The van der Waals surface area contributed by atoms with E-state index in [1.54, 1.807) is 19.3 Å². The number of aliphatic carboxylic acids is 1. The van der Waals surface area contributed by atoms with Crippen molar-refractivity contribution in [3.63, 3.8) is 0 Å². The molecule has 1 unspecified atom stereocenters. The highest BCUT2D eigenvalue weighted by Gasteiger charge is 2.42. The Balaban J connectivity index is 2.17. The van der Waals surface area contributed by atoms with Crippen LogP contribution in [0.4, 0.5) is 0 Å². The molecule has 0 spiro atoms. The van der Waals surface area contributed by atoms with Crippen LogP contribution in [0.15, 0.2) is 24.5 Å². The number of hydrogen-bond acceptors (Lipinski definition) is 3. The number of pyridine rings is 1. The van der Waals surface area contributed by atoms with Gasteiger partial charge in [0.05, 0.1) is 19.1 Å². The van der Waals surface area contributed by atoms with Crippen LogP contribution in [0, 0.1) is 5.92 Å². The molecule has 1 fully saturated rings. The Morgan fingerprint density at radius 2 is 2.19 bits per heavy atom. The largest absolute Gasteiger partial charge is 0.481 e. The second kappa shape index (κ2) is 4.22. The minimum atomic E-state index is -0.750. The molecule has 2 heterocycles. The summed E-state index contributed by atoms with van der Waals surface area (Å²) in [6.07, 6.45) is 4.09. The highest BCUT2D eigenvalue weighted by atomic mass is 16.5. The molecule has 2 rings (SSSR count). The fraction of sp³-hybridized carbons (Fsp3) is 0.500. The zero-order valence-corrected chi connectivity index (χ0v) is 9.22. The number of ether oxygens (including phenoxy) is 1. The van der Waals surface area contributed by atoms with Gasteiger partial charge in [0.15, 0.2) is 0 Å². The zero-order chi connectivity index (χ0) is 11.6. The molecule has 0 radical (unpaired) electrons. The van der Waals surface area contributed by atoms with Gasteiger partial charge < -0.3 is 9.84 Å². The predicted molar refractivity (Wildman–Crippen MR) is 58.2 cm³/mol. The quantitative estimate of drug-likeness (QED) is 0.836. The molecule has 0 aliphatic carbocycles. The van der Waals surface area contributed by atoms with E-state index in [4.69, 9.17) is 9.84 Å². The Labute approximate surface area is 94.3 Å². The monoisotopic (exact) mass is 221 g/mol. The molecule has 1 aromatic rings. The van der Waals surface area contributed by atoms with Crippen LogP contribution in [0.5, 0.6) is 0 Å². The van der Waals surface area contributed by atoms with Gasteiger partial charge in [-0.25, -0.2) is 0 Å². The third-order valence-electron chi connectivity index (χ3n) is 3.17. The van der Waals surface area contributed by atoms with Crippen LogP contribution in [-0.2, 0) is 14.9 Å². The molecule has 1 N–H and O–H groups in total. The molecular weight excluding hydrogens is 206 g/mol. The molecule has 0 amide bonds. The SMILES string of the molecule is CC(CC1(c2ccncc2)COC1)C(=O)O. The van der Waals surface area contributed by atoms with E-state index in [9.17, 15) is 4.79 Å². The Bertz CT molecular complexity index is 373. The van der Waals surface area contributed by atoms with Gasteiger partial charge in [0, 0.05) is 17.8 Å². The number of carbonyl (C=O) groups is 1. The van der Waals surface area contributed by atoms with Gasteiger partial charge in [-0.15, -0.1) is 0 Å². The van der Waals surface area contributed by atoms with Gasteiger partial charge >= 0.3 is 5.97 Å². The summed E-state index contributed by atoms with van der Waals surface area (Å²) in [5, 5.41) is 8.96. The van der Waals surface area contributed by atoms with Crippen molar-refractivity contribution in [3.05, 3.63) is 30.1 Å². The first-order valence-electron chi connectivity index (χ1n) is 5.35. The fourth-order valence-electron chi connectivity index (χ4n) is 2.13. The maximum absolute atomic E-state index is 10.9. The van der Waals surface area contributed by atoms with E-state index < -0.39 is 5.97 Å². The lowest BCUT2D eigenvalue weighted by Crippen LogP contribution is -2.48. The normalized spacial score (nSPS) is 19.8. The summed E-state index contributed by atoms with van der Waals surface area (Å²) < 4.78 is 5.26. The second-order valence-electron chi connectivity index (χ2n) is 4.45. The standard InChI is InChI=1S/C12H15NO3/c1-9(11(14)15)6-12(7-16-8-12)10-2-4-13-5-3-10/h2-5,9H,6-8H2,1H3,(H,14,15). The topological polar surface area (TPSA) is 59.4 Å². The number of nitrogens with zero attached hydrogens (tertiary/aromatic N) is 1. The van der Waals surface area contributed by atoms with E-state index in [-0.39, 0.29) is 11.3 Å². The first-order chi connectivity index (χ1) is 7.64. The Kier molecular flexibility index (Phi) is 2.92. The average Bonchev–Trinajstić information content (AvgIpc) is 2.24. The molecule has 1 aliphatic heterocycles. The van der Waals surface area contributed by atoms with Crippen molar-refractivity contribution in [2.45, 2.75) is 18.8 Å². The van der Waals surface area contributed by atoms with Crippen molar-refractivity contribution in [2.75, 3.05) is 13.2 Å². The minimum Gasteiger partial charge on any atom is -0.481 e. The Morgan fingerprint density at radius 3 is 2.62 bits per heavy atom. The third-order valence-corrected chi connectivity index (χ3v) is 3.17. The van der Waals surface area contributed by atoms with Gasteiger partial charge in [0.2, 0.25) is 0 Å². The minimum absolute atomic E-state index is 0.124. The van der Waals surface area contributed by atoms with Gasteiger partial charge in [-0.05, 0) is 24.1 Å².